The van der Waals surface area contributed by atoms with Crippen LogP contribution in [0.2, 0.25) is 0 Å². The van der Waals surface area contributed by atoms with E-state index in [4.69, 9.17) is 0 Å². The van der Waals surface area contributed by atoms with Gasteiger partial charge in [-0.05, 0) is 36.4 Å². The van der Waals surface area contributed by atoms with Gasteiger partial charge in [0.2, 0.25) is 10.0 Å². The minimum atomic E-state index is -4.08. The number of anilines is 1. The number of nitrogens with one attached hydrogen (secondary N) is 2. The normalized spacial score (nSPS) is 11.8. The van der Waals surface area contributed by atoms with Gasteiger partial charge in [-0.15, -0.1) is 0 Å². The van der Waals surface area contributed by atoms with E-state index in [1.165, 1.54) is 24.3 Å². The first kappa shape index (κ1) is 17.9. The summed E-state index contributed by atoms with van der Waals surface area (Å²) in [4.78, 5) is 11.8. The van der Waals surface area contributed by atoms with Crippen LogP contribution in [-0.2, 0) is 20.0 Å². The van der Waals surface area contributed by atoms with Crippen molar-refractivity contribution in [3.8, 4) is 0 Å². The number of carbonyl (C=O) groups excluding carboxylic acids is 1. The third-order valence-electron chi connectivity index (χ3n) is 2.82. The summed E-state index contributed by atoms with van der Waals surface area (Å²) in [5, 5.41) is 0. The zero-order valence-corrected chi connectivity index (χ0v) is 14.0. The number of carbonyl (C=O) groups is 1. The molecule has 24 heavy (non-hydrogen) atoms. The molecule has 2 aromatic carbocycles. The quantitative estimate of drug-likeness (QED) is 0.823. The number of halogens is 1. The predicted octanol–water partition coefficient (Wildman–Crippen LogP) is 1.32. The fourth-order valence-corrected chi connectivity index (χ4v) is 3.34. The molecule has 0 aliphatic carbocycles. The molecule has 0 saturated heterocycles. The first-order valence-corrected chi connectivity index (χ1v) is 9.85. The van der Waals surface area contributed by atoms with Crippen LogP contribution in [0, 0.1) is 5.82 Å². The van der Waals surface area contributed by atoms with Gasteiger partial charge in [0, 0.05) is 0 Å². The van der Waals surface area contributed by atoms with E-state index in [0.717, 1.165) is 30.5 Å². The van der Waals surface area contributed by atoms with Crippen molar-refractivity contribution in [2.75, 3.05) is 11.0 Å². The van der Waals surface area contributed by atoms with Crippen molar-refractivity contribution < 1.29 is 26.0 Å². The fraction of sp³-hybridized carbons (Fsp3) is 0.0714. The molecular weight excluding hydrogens is 359 g/mol. The Bertz CT molecular complexity index is 970. The molecular formula is C14H13FN2O5S2. The van der Waals surface area contributed by atoms with E-state index in [2.05, 4.69) is 4.72 Å². The van der Waals surface area contributed by atoms with Crippen LogP contribution in [0.5, 0.6) is 0 Å². The van der Waals surface area contributed by atoms with E-state index in [0.29, 0.717) is 0 Å². The van der Waals surface area contributed by atoms with Crippen LogP contribution in [0.1, 0.15) is 10.4 Å². The maximum atomic E-state index is 12.9. The molecule has 0 saturated carbocycles. The molecule has 0 bridgehead atoms. The van der Waals surface area contributed by atoms with Gasteiger partial charge >= 0.3 is 0 Å². The number of sulfonamides is 2. The number of rotatable bonds is 5. The lowest BCUT2D eigenvalue weighted by molar-refractivity contribution is 0.0982. The van der Waals surface area contributed by atoms with Gasteiger partial charge in [-0.25, -0.2) is 25.9 Å². The lowest BCUT2D eigenvalue weighted by atomic mass is 10.2. The lowest BCUT2D eigenvalue weighted by Gasteiger charge is -2.12. The minimum absolute atomic E-state index is 0.108. The fourth-order valence-electron chi connectivity index (χ4n) is 1.81. The molecule has 2 N–H and O–H groups in total. The molecule has 0 unspecified atom stereocenters. The van der Waals surface area contributed by atoms with E-state index in [9.17, 15) is 26.0 Å². The highest BCUT2D eigenvalue weighted by Gasteiger charge is 2.20. The summed E-state index contributed by atoms with van der Waals surface area (Å²) in [6, 6.07) is 9.59. The molecule has 0 fully saturated rings. The molecule has 0 aliphatic heterocycles. The number of para-hydroxylation sites is 1. The third kappa shape index (κ3) is 4.52. The summed E-state index contributed by atoms with van der Waals surface area (Å²) in [5.41, 5.74) is -0.281. The Balaban J connectivity index is 2.37. The Kier molecular flexibility index (Phi) is 4.90. The van der Waals surface area contributed by atoms with Gasteiger partial charge in [0.15, 0.2) is 0 Å². The second kappa shape index (κ2) is 6.57. The maximum Gasteiger partial charge on any atom is 0.266 e. The SMILES string of the molecule is CS(=O)(=O)NC(=O)c1ccccc1NS(=O)(=O)c1ccc(F)cc1. The molecule has 10 heteroatoms. The van der Waals surface area contributed by atoms with Gasteiger partial charge in [0.1, 0.15) is 5.82 Å². The first-order chi connectivity index (χ1) is 11.1. The van der Waals surface area contributed by atoms with Gasteiger partial charge < -0.3 is 0 Å². The summed E-state index contributed by atoms with van der Waals surface area (Å²) in [6.07, 6.45) is 0.802. The van der Waals surface area contributed by atoms with Gasteiger partial charge in [0.25, 0.3) is 15.9 Å². The van der Waals surface area contributed by atoms with Crippen molar-refractivity contribution in [3.05, 3.63) is 59.9 Å². The summed E-state index contributed by atoms with van der Waals surface area (Å²) in [5.74, 6) is -1.57. The molecule has 0 aromatic heterocycles. The number of amides is 1. The topological polar surface area (TPSA) is 109 Å². The molecule has 0 spiro atoms. The van der Waals surface area contributed by atoms with E-state index >= 15 is 0 Å². The van der Waals surface area contributed by atoms with Crippen molar-refractivity contribution in [3.63, 3.8) is 0 Å². The van der Waals surface area contributed by atoms with Crippen LogP contribution in [0.25, 0.3) is 0 Å². The largest absolute Gasteiger partial charge is 0.279 e. The van der Waals surface area contributed by atoms with Crippen LogP contribution in [0.4, 0.5) is 10.1 Å². The van der Waals surface area contributed by atoms with Gasteiger partial charge in [-0.3, -0.25) is 9.52 Å². The smallest absolute Gasteiger partial charge is 0.266 e. The van der Waals surface area contributed by atoms with Gasteiger partial charge in [-0.1, -0.05) is 12.1 Å². The highest BCUT2D eigenvalue weighted by molar-refractivity contribution is 7.92. The van der Waals surface area contributed by atoms with Crippen molar-refractivity contribution in [2.45, 2.75) is 4.90 Å². The highest BCUT2D eigenvalue weighted by atomic mass is 32.2. The highest BCUT2D eigenvalue weighted by Crippen LogP contribution is 2.20. The van der Waals surface area contributed by atoms with E-state index in [1.54, 1.807) is 4.72 Å². The number of benzene rings is 2. The van der Waals surface area contributed by atoms with Crippen molar-refractivity contribution in [1.29, 1.82) is 0 Å². The molecule has 0 atom stereocenters. The molecule has 2 aromatic rings. The van der Waals surface area contributed by atoms with Crippen molar-refractivity contribution in [2.24, 2.45) is 0 Å². The molecule has 0 aliphatic rings. The van der Waals surface area contributed by atoms with E-state index in [1.807, 2.05) is 0 Å². The molecule has 0 heterocycles. The molecule has 1 amide bonds. The van der Waals surface area contributed by atoms with Crippen molar-refractivity contribution >= 4 is 31.6 Å². The third-order valence-corrected chi connectivity index (χ3v) is 4.76. The second-order valence-electron chi connectivity index (χ2n) is 4.81. The second-order valence-corrected chi connectivity index (χ2v) is 8.24. The Morgan fingerprint density at radius 2 is 1.54 bits per heavy atom. The number of hydrogen-bond donors (Lipinski definition) is 2. The van der Waals surface area contributed by atoms with E-state index in [-0.39, 0.29) is 16.1 Å². The van der Waals surface area contributed by atoms with Crippen LogP contribution in [0.3, 0.4) is 0 Å². The average Bonchev–Trinajstić information content (AvgIpc) is 2.46. The van der Waals surface area contributed by atoms with Gasteiger partial charge in [-0.2, -0.15) is 0 Å². The maximum absolute atomic E-state index is 12.9. The minimum Gasteiger partial charge on any atom is -0.279 e. The molecule has 7 nitrogen and oxygen atoms in total. The van der Waals surface area contributed by atoms with E-state index < -0.39 is 31.8 Å². The summed E-state index contributed by atoms with van der Waals surface area (Å²) >= 11 is 0. The monoisotopic (exact) mass is 372 g/mol. The molecule has 128 valence electrons. The van der Waals surface area contributed by atoms with Gasteiger partial charge in [0.05, 0.1) is 22.4 Å². The summed E-state index contributed by atoms with van der Waals surface area (Å²) in [7, 11) is -7.88. The Hall–Kier alpha value is -2.46. The Morgan fingerprint density at radius 1 is 0.958 bits per heavy atom. The van der Waals surface area contributed by atoms with Crippen LogP contribution in [-0.4, -0.2) is 29.0 Å². The van der Waals surface area contributed by atoms with Crippen LogP contribution < -0.4 is 9.44 Å². The summed E-state index contributed by atoms with van der Waals surface area (Å²) < 4.78 is 63.7. The lowest BCUT2D eigenvalue weighted by Crippen LogP contribution is -2.30. The molecule has 2 rings (SSSR count). The summed E-state index contributed by atoms with van der Waals surface area (Å²) in [6.45, 7) is 0. The van der Waals surface area contributed by atoms with Crippen LogP contribution in [0.15, 0.2) is 53.4 Å². The van der Waals surface area contributed by atoms with Crippen LogP contribution >= 0.6 is 0 Å². The Morgan fingerprint density at radius 3 is 2.12 bits per heavy atom. The average molecular weight is 372 g/mol. The number of hydrogen-bond acceptors (Lipinski definition) is 5. The zero-order valence-electron chi connectivity index (χ0n) is 12.4. The molecule has 0 radical (unpaired) electrons. The standard InChI is InChI=1S/C14H13FN2O5S2/c1-23(19,20)17-14(18)12-4-2-3-5-13(12)16-24(21,22)11-8-6-10(15)7-9-11/h2-9,16H,1H3,(H,17,18). The Labute approximate surface area is 138 Å². The first-order valence-electron chi connectivity index (χ1n) is 6.48. The van der Waals surface area contributed by atoms with Crippen molar-refractivity contribution in [1.82, 2.24) is 4.72 Å². The predicted molar refractivity (Wildman–Crippen MR) is 86.0 cm³/mol. The zero-order chi connectivity index (χ0) is 18.0.